The second kappa shape index (κ2) is 9.68. The van der Waals surface area contributed by atoms with Crippen molar-refractivity contribution in [1.29, 1.82) is 0 Å². The maximum atomic E-state index is 13.0. The smallest absolute Gasteiger partial charge is 0.255 e. The molecule has 0 saturated heterocycles. The van der Waals surface area contributed by atoms with Crippen LogP contribution >= 0.6 is 15.9 Å². The van der Waals surface area contributed by atoms with Crippen molar-refractivity contribution < 1.29 is 4.79 Å². The van der Waals surface area contributed by atoms with Gasteiger partial charge in [0.15, 0.2) is 0 Å². The van der Waals surface area contributed by atoms with Gasteiger partial charge in [0, 0.05) is 32.4 Å². The molecule has 1 amide bonds. The Hall–Kier alpha value is -4.03. The van der Waals surface area contributed by atoms with Gasteiger partial charge in [-0.05, 0) is 67.4 Å². The lowest BCUT2D eigenvalue weighted by Crippen LogP contribution is -2.13. The Morgan fingerprint density at radius 2 is 1.66 bits per heavy atom. The molecule has 1 aromatic heterocycles. The molecule has 0 saturated carbocycles. The zero-order chi connectivity index (χ0) is 24.4. The number of hydrogen-bond acceptors (Lipinski definition) is 4. The number of carbonyl (C=O) groups is 1. The van der Waals surface area contributed by atoms with Crippen molar-refractivity contribution in [2.75, 3.05) is 10.6 Å². The van der Waals surface area contributed by atoms with Crippen LogP contribution in [0.25, 0.3) is 22.2 Å². The number of fused-ring (bicyclic) bond motifs is 1. The molecule has 0 radical (unpaired) electrons. The molecule has 5 aromatic rings. The molecule has 0 aliphatic heterocycles. The molecule has 0 aliphatic carbocycles. The fourth-order valence-corrected chi connectivity index (χ4v) is 4.27. The Bertz CT molecular complexity index is 1550. The van der Waals surface area contributed by atoms with Gasteiger partial charge in [-0.25, -0.2) is 9.97 Å². The van der Waals surface area contributed by atoms with E-state index in [1.165, 1.54) is 0 Å². The molecule has 0 unspecified atom stereocenters. The predicted molar refractivity (Wildman–Crippen MR) is 146 cm³/mol. The molecule has 0 spiro atoms. The summed E-state index contributed by atoms with van der Waals surface area (Å²) in [5, 5.41) is 7.26. The van der Waals surface area contributed by atoms with E-state index in [4.69, 9.17) is 9.97 Å². The summed E-state index contributed by atoms with van der Waals surface area (Å²) >= 11 is 3.56. The first-order valence-electron chi connectivity index (χ1n) is 11.2. The minimum absolute atomic E-state index is 0.170. The van der Waals surface area contributed by atoms with Gasteiger partial charge in [-0.3, -0.25) is 4.79 Å². The predicted octanol–water partition coefficient (Wildman–Crippen LogP) is 7.67. The monoisotopic (exact) mass is 522 g/mol. The van der Waals surface area contributed by atoms with Gasteiger partial charge in [-0.2, -0.15) is 0 Å². The Morgan fingerprint density at radius 3 is 2.49 bits per heavy atom. The number of aromatic nitrogens is 2. The molecule has 0 atom stereocenters. The quantitative estimate of drug-likeness (QED) is 0.248. The SMILES string of the molecule is Cc1ccc(C)c(NC(=O)c2cccc(Nc3nc(-c4ccccc4)c4cc(Br)ccc4n3)c2)c1. The van der Waals surface area contributed by atoms with Gasteiger partial charge < -0.3 is 10.6 Å². The second-order valence-corrected chi connectivity index (χ2v) is 9.32. The van der Waals surface area contributed by atoms with E-state index in [2.05, 4.69) is 26.6 Å². The van der Waals surface area contributed by atoms with Crippen molar-refractivity contribution in [2.45, 2.75) is 13.8 Å². The molecule has 35 heavy (non-hydrogen) atoms. The molecule has 4 aromatic carbocycles. The maximum Gasteiger partial charge on any atom is 0.255 e. The van der Waals surface area contributed by atoms with Crippen molar-refractivity contribution >= 4 is 50.1 Å². The highest BCUT2D eigenvalue weighted by Crippen LogP contribution is 2.30. The van der Waals surface area contributed by atoms with Gasteiger partial charge in [0.1, 0.15) is 0 Å². The first-order chi connectivity index (χ1) is 17.0. The van der Waals surface area contributed by atoms with Crippen LogP contribution in [-0.4, -0.2) is 15.9 Å². The van der Waals surface area contributed by atoms with E-state index < -0.39 is 0 Å². The summed E-state index contributed by atoms with van der Waals surface area (Å²) in [7, 11) is 0. The highest BCUT2D eigenvalue weighted by molar-refractivity contribution is 9.10. The minimum atomic E-state index is -0.170. The third kappa shape index (κ3) is 5.08. The Morgan fingerprint density at radius 1 is 0.829 bits per heavy atom. The number of benzene rings is 4. The summed E-state index contributed by atoms with van der Waals surface area (Å²) in [5.41, 5.74) is 6.86. The third-order valence-corrected chi connectivity index (χ3v) is 6.22. The number of aryl methyl sites for hydroxylation is 2. The number of nitrogens with one attached hydrogen (secondary N) is 2. The number of halogens is 1. The Balaban J connectivity index is 1.47. The van der Waals surface area contributed by atoms with Crippen LogP contribution in [0, 0.1) is 13.8 Å². The minimum Gasteiger partial charge on any atom is -0.324 e. The lowest BCUT2D eigenvalue weighted by atomic mass is 10.1. The first kappa shape index (κ1) is 22.7. The van der Waals surface area contributed by atoms with Gasteiger partial charge in [0.05, 0.1) is 11.2 Å². The molecular weight excluding hydrogens is 500 g/mol. The molecular formula is C29H23BrN4O. The van der Waals surface area contributed by atoms with Gasteiger partial charge in [-0.15, -0.1) is 0 Å². The van der Waals surface area contributed by atoms with Crippen LogP contribution in [0.2, 0.25) is 0 Å². The van der Waals surface area contributed by atoms with Crippen molar-refractivity contribution in [3.8, 4) is 11.3 Å². The van der Waals surface area contributed by atoms with Crippen LogP contribution in [-0.2, 0) is 0 Å². The molecule has 5 rings (SSSR count). The maximum absolute atomic E-state index is 13.0. The van der Waals surface area contributed by atoms with Crippen LogP contribution in [0.15, 0.2) is 95.5 Å². The van der Waals surface area contributed by atoms with E-state index in [0.29, 0.717) is 11.5 Å². The largest absolute Gasteiger partial charge is 0.324 e. The zero-order valence-electron chi connectivity index (χ0n) is 19.3. The van der Waals surface area contributed by atoms with Crippen LogP contribution in [0.1, 0.15) is 21.5 Å². The molecule has 1 heterocycles. The normalized spacial score (nSPS) is 10.8. The Labute approximate surface area is 212 Å². The van der Waals surface area contributed by atoms with Crippen LogP contribution in [0.4, 0.5) is 17.3 Å². The number of nitrogens with zero attached hydrogens (tertiary/aromatic N) is 2. The highest BCUT2D eigenvalue weighted by atomic mass is 79.9. The fraction of sp³-hybridized carbons (Fsp3) is 0.0690. The van der Waals surface area contributed by atoms with Crippen molar-refractivity contribution in [3.05, 3.63) is 112 Å². The van der Waals surface area contributed by atoms with Crippen LogP contribution in [0.3, 0.4) is 0 Å². The summed E-state index contributed by atoms with van der Waals surface area (Å²) in [6, 6.07) is 29.3. The average Bonchev–Trinajstić information content (AvgIpc) is 2.86. The molecule has 0 aliphatic rings. The molecule has 2 N–H and O–H groups in total. The molecule has 172 valence electrons. The molecule has 6 heteroatoms. The van der Waals surface area contributed by atoms with Gasteiger partial charge >= 0.3 is 0 Å². The van der Waals surface area contributed by atoms with E-state index >= 15 is 0 Å². The fourth-order valence-electron chi connectivity index (χ4n) is 3.90. The standard InChI is InChI=1S/C29H23BrN4O/c1-18-11-12-19(2)26(15-18)32-28(35)21-9-6-10-23(16-21)31-29-33-25-14-13-22(30)17-24(25)27(34-29)20-7-4-3-5-8-20/h3-17H,1-2H3,(H,32,35)(H,31,33,34). The first-order valence-corrected chi connectivity index (χ1v) is 12.0. The van der Waals surface area contributed by atoms with E-state index in [9.17, 15) is 4.79 Å². The number of carbonyl (C=O) groups excluding carboxylic acids is 1. The van der Waals surface area contributed by atoms with Crippen LogP contribution < -0.4 is 10.6 Å². The Kier molecular flexibility index (Phi) is 6.29. The summed E-state index contributed by atoms with van der Waals surface area (Å²) in [6.07, 6.45) is 0. The molecule has 0 bridgehead atoms. The third-order valence-electron chi connectivity index (χ3n) is 5.73. The lowest BCUT2D eigenvalue weighted by Gasteiger charge is -2.12. The van der Waals surface area contributed by atoms with Gasteiger partial charge in [-0.1, -0.05) is 64.5 Å². The van der Waals surface area contributed by atoms with E-state index in [-0.39, 0.29) is 5.91 Å². The average molecular weight is 523 g/mol. The van der Waals surface area contributed by atoms with E-state index in [1.807, 2.05) is 92.7 Å². The molecule has 5 nitrogen and oxygen atoms in total. The van der Waals surface area contributed by atoms with E-state index in [1.54, 1.807) is 12.1 Å². The highest BCUT2D eigenvalue weighted by Gasteiger charge is 2.13. The van der Waals surface area contributed by atoms with Crippen molar-refractivity contribution in [2.24, 2.45) is 0 Å². The van der Waals surface area contributed by atoms with E-state index in [0.717, 1.165) is 49.1 Å². The summed E-state index contributed by atoms with van der Waals surface area (Å²) in [4.78, 5) is 22.5. The van der Waals surface area contributed by atoms with Gasteiger partial charge in [0.25, 0.3) is 5.91 Å². The zero-order valence-corrected chi connectivity index (χ0v) is 20.9. The summed E-state index contributed by atoms with van der Waals surface area (Å²) < 4.78 is 0.967. The topological polar surface area (TPSA) is 66.9 Å². The second-order valence-electron chi connectivity index (χ2n) is 8.40. The summed E-state index contributed by atoms with van der Waals surface area (Å²) in [6.45, 7) is 3.98. The lowest BCUT2D eigenvalue weighted by molar-refractivity contribution is 0.102. The number of anilines is 3. The number of hydrogen-bond donors (Lipinski definition) is 2. The summed E-state index contributed by atoms with van der Waals surface area (Å²) in [5.74, 6) is 0.294. The van der Waals surface area contributed by atoms with Crippen molar-refractivity contribution in [3.63, 3.8) is 0 Å². The van der Waals surface area contributed by atoms with Crippen molar-refractivity contribution in [1.82, 2.24) is 9.97 Å². The van der Waals surface area contributed by atoms with Gasteiger partial charge in [0.2, 0.25) is 5.95 Å². The number of amides is 1. The molecule has 0 fully saturated rings. The van der Waals surface area contributed by atoms with Crippen LogP contribution in [0.5, 0.6) is 0 Å². The number of rotatable bonds is 5.